The van der Waals surface area contributed by atoms with E-state index in [0.29, 0.717) is 18.4 Å². The van der Waals surface area contributed by atoms with Crippen molar-refractivity contribution >= 4 is 23.4 Å². The molecular formula is C28H35N7O. The Labute approximate surface area is 213 Å². The van der Waals surface area contributed by atoms with Gasteiger partial charge in [0, 0.05) is 50.8 Å². The maximum Gasteiger partial charge on any atom is 0.236 e. The average molecular weight is 486 g/mol. The lowest BCUT2D eigenvalue weighted by molar-refractivity contribution is -0.131. The van der Waals surface area contributed by atoms with Crippen molar-refractivity contribution in [3.05, 3.63) is 60.4 Å². The first kappa shape index (κ1) is 24.2. The largest absolute Gasteiger partial charge is 0.360 e. The zero-order chi connectivity index (χ0) is 24.9. The highest BCUT2D eigenvalue weighted by atomic mass is 16.2. The van der Waals surface area contributed by atoms with Crippen LogP contribution in [-0.4, -0.2) is 77.5 Å². The van der Waals surface area contributed by atoms with Crippen molar-refractivity contribution in [3.8, 4) is 11.3 Å². The Kier molecular flexibility index (Phi) is 7.41. The molecule has 8 rings (SSSR count). The fourth-order valence-corrected chi connectivity index (χ4v) is 5.03. The molecule has 2 aromatic heterocycles. The van der Waals surface area contributed by atoms with E-state index >= 15 is 0 Å². The van der Waals surface area contributed by atoms with Gasteiger partial charge < -0.3 is 15.1 Å². The van der Waals surface area contributed by atoms with E-state index in [9.17, 15) is 4.79 Å². The lowest BCUT2D eigenvalue weighted by atomic mass is 9.90. The molecule has 1 aromatic carbocycles. The predicted octanol–water partition coefficient (Wildman–Crippen LogP) is 3.84. The third-order valence-electron chi connectivity index (χ3n) is 7.28. The van der Waals surface area contributed by atoms with Crippen LogP contribution in [0.3, 0.4) is 0 Å². The highest BCUT2D eigenvalue weighted by Gasteiger charge is 2.22. The zero-order valence-electron chi connectivity index (χ0n) is 21.2. The lowest BCUT2D eigenvalue weighted by Crippen LogP contribution is -2.43. The van der Waals surface area contributed by atoms with Crippen molar-refractivity contribution in [2.24, 2.45) is 5.92 Å². The Morgan fingerprint density at radius 1 is 0.944 bits per heavy atom. The van der Waals surface area contributed by atoms with Gasteiger partial charge in [-0.2, -0.15) is 0 Å². The summed E-state index contributed by atoms with van der Waals surface area (Å²) in [4.78, 5) is 32.9. The fourth-order valence-electron chi connectivity index (χ4n) is 5.03. The van der Waals surface area contributed by atoms with Gasteiger partial charge in [-0.3, -0.25) is 9.69 Å². The standard InChI is InChI=1S/C28H35N7O/c1-33-13-4-14-34(2)27(36)20-35-15-10-21(11-16-35)17-22-5-3-6-24(18-22)31-28-29-12-9-25(32-28)23-7-8-26(33)30-19-23/h3,5-9,12,18-19,21H,4,10-11,13-17,20H2,1-2H3,(H,29,31,32). The van der Waals surface area contributed by atoms with Crippen molar-refractivity contribution in [1.29, 1.82) is 0 Å². The molecule has 7 heterocycles. The second kappa shape index (κ2) is 11.0. The number of nitrogens with zero attached hydrogens (tertiary/aromatic N) is 6. The molecule has 1 fully saturated rings. The van der Waals surface area contributed by atoms with Gasteiger partial charge in [-0.25, -0.2) is 15.0 Å². The average Bonchev–Trinajstić information content (AvgIpc) is 2.89. The molecule has 3 aromatic rings. The van der Waals surface area contributed by atoms with Crippen LogP contribution in [0, 0.1) is 5.92 Å². The van der Waals surface area contributed by atoms with Crippen LogP contribution in [0.2, 0.25) is 0 Å². The number of anilines is 3. The highest BCUT2D eigenvalue weighted by Crippen LogP contribution is 2.25. The van der Waals surface area contributed by atoms with Crippen molar-refractivity contribution < 1.29 is 4.79 Å². The van der Waals surface area contributed by atoms with Gasteiger partial charge in [0.2, 0.25) is 11.9 Å². The van der Waals surface area contributed by atoms with E-state index < -0.39 is 0 Å². The predicted molar refractivity (Wildman–Crippen MR) is 143 cm³/mol. The van der Waals surface area contributed by atoms with E-state index in [0.717, 1.165) is 74.6 Å². The summed E-state index contributed by atoms with van der Waals surface area (Å²) in [6.45, 7) is 4.04. The number of hydrogen-bond donors (Lipinski definition) is 1. The maximum atomic E-state index is 12.8. The van der Waals surface area contributed by atoms with Crippen LogP contribution in [0.4, 0.5) is 17.5 Å². The summed E-state index contributed by atoms with van der Waals surface area (Å²) in [5, 5.41) is 3.38. The molecule has 0 aliphatic carbocycles. The van der Waals surface area contributed by atoms with E-state index in [4.69, 9.17) is 4.98 Å². The quantitative estimate of drug-likeness (QED) is 0.518. The van der Waals surface area contributed by atoms with E-state index in [-0.39, 0.29) is 5.91 Å². The second-order valence-electron chi connectivity index (χ2n) is 10.0. The van der Waals surface area contributed by atoms with Gasteiger partial charge in [0.15, 0.2) is 0 Å². The summed E-state index contributed by atoms with van der Waals surface area (Å²) < 4.78 is 0. The first-order chi connectivity index (χ1) is 17.5. The zero-order valence-corrected chi connectivity index (χ0v) is 21.2. The minimum atomic E-state index is 0.207. The number of carbonyl (C=O) groups excluding carboxylic acids is 1. The van der Waals surface area contributed by atoms with Crippen LogP contribution >= 0.6 is 0 Å². The SMILES string of the molecule is CN1CCCN(C)c2ccc(cn2)-c2ccnc(n2)Nc2cccc(c2)CC2CCN(CC2)CC1=O. The van der Waals surface area contributed by atoms with E-state index in [1.165, 1.54) is 5.56 Å². The third-order valence-corrected chi connectivity index (χ3v) is 7.28. The van der Waals surface area contributed by atoms with Crippen molar-refractivity contribution in [1.82, 2.24) is 24.8 Å². The molecule has 8 nitrogen and oxygen atoms in total. The second-order valence-corrected chi connectivity index (χ2v) is 10.0. The number of carbonyl (C=O) groups is 1. The van der Waals surface area contributed by atoms with Crippen LogP contribution in [-0.2, 0) is 11.2 Å². The van der Waals surface area contributed by atoms with Gasteiger partial charge in [-0.1, -0.05) is 12.1 Å². The minimum absolute atomic E-state index is 0.207. The molecule has 188 valence electrons. The number of nitrogens with one attached hydrogen (secondary N) is 1. The number of aromatic nitrogens is 3. The first-order valence-corrected chi connectivity index (χ1v) is 12.9. The molecule has 5 aliphatic heterocycles. The number of pyridine rings is 1. The smallest absolute Gasteiger partial charge is 0.236 e. The van der Waals surface area contributed by atoms with Gasteiger partial charge in [-0.15, -0.1) is 0 Å². The Morgan fingerprint density at radius 2 is 1.78 bits per heavy atom. The number of likely N-dealkylation sites (N-methyl/N-ethyl adjacent to an activating group) is 1. The van der Waals surface area contributed by atoms with Gasteiger partial charge in [-0.05, 0) is 80.6 Å². The number of amides is 1. The summed E-state index contributed by atoms with van der Waals surface area (Å²) in [7, 11) is 3.96. The van der Waals surface area contributed by atoms with E-state index in [1.807, 2.05) is 43.4 Å². The summed E-state index contributed by atoms with van der Waals surface area (Å²) >= 11 is 0. The van der Waals surface area contributed by atoms with E-state index in [1.54, 1.807) is 6.20 Å². The molecular weight excluding hydrogens is 450 g/mol. The van der Waals surface area contributed by atoms with Gasteiger partial charge in [0.05, 0.1) is 12.2 Å². The van der Waals surface area contributed by atoms with Gasteiger partial charge in [0.1, 0.15) is 5.82 Å². The summed E-state index contributed by atoms with van der Waals surface area (Å²) in [6.07, 6.45) is 7.81. The molecule has 5 aliphatic rings. The number of piperidine rings is 1. The van der Waals surface area contributed by atoms with Crippen LogP contribution in [0.1, 0.15) is 24.8 Å². The van der Waals surface area contributed by atoms with Gasteiger partial charge in [0.25, 0.3) is 0 Å². The van der Waals surface area contributed by atoms with Crippen molar-refractivity contribution in [2.75, 3.05) is 57.0 Å². The van der Waals surface area contributed by atoms with Crippen molar-refractivity contribution in [3.63, 3.8) is 0 Å². The molecule has 1 saturated heterocycles. The van der Waals surface area contributed by atoms with Crippen LogP contribution < -0.4 is 10.2 Å². The van der Waals surface area contributed by atoms with Crippen LogP contribution in [0.5, 0.6) is 0 Å². The molecule has 0 unspecified atom stereocenters. The van der Waals surface area contributed by atoms with Crippen LogP contribution in [0.25, 0.3) is 11.3 Å². The van der Waals surface area contributed by atoms with Crippen molar-refractivity contribution in [2.45, 2.75) is 25.7 Å². The topological polar surface area (TPSA) is 77.5 Å². The molecule has 0 spiro atoms. The maximum absolute atomic E-state index is 12.8. The molecule has 36 heavy (non-hydrogen) atoms. The van der Waals surface area contributed by atoms with E-state index in [2.05, 4.69) is 49.4 Å². The Hall–Kier alpha value is -3.52. The Bertz CT molecular complexity index is 1170. The minimum Gasteiger partial charge on any atom is -0.360 e. The molecule has 1 N–H and O–H groups in total. The Balaban J connectivity index is 1.38. The molecule has 0 saturated carbocycles. The highest BCUT2D eigenvalue weighted by molar-refractivity contribution is 5.78. The number of benzene rings is 1. The van der Waals surface area contributed by atoms with Gasteiger partial charge >= 0.3 is 0 Å². The monoisotopic (exact) mass is 485 g/mol. The number of hydrogen-bond acceptors (Lipinski definition) is 7. The number of rotatable bonds is 0. The normalized spacial score (nSPS) is 21.3. The third kappa shape index (κ3) is 5.99. The molecule has 8 bridgehead atoms. The molecule has 1 amide bonds. The fraction of sp³-hybridized carbons (Fsp3) is 0.429. The lowest BCUT2D eigenvalue weighted by Gasteiger charge is -2.32. The first-order valence-electron chi connectivity index (χ1n) is 12.9. The summed E-state index contributed by atoms with van der Waals surface area (Å²) in [5.41, 5.74) is 4.08. The molecule has 0 atom stereocenters. The van der Waals surface area contributed by atoms with Crippen LogP contribution in [0.15, 0.2) is 54.9 Å². The summed E-state index contributed by atoms with van der Waals surface area (Å²) in [5.74, 6) is 2.32. The summed E-state index contributed by atoms with van der Waals surface area (Å²) in [6, 6.07) is 14.5. The molecule has 8 heteroatoms. The molecule has 0 radical (unpaired) electrons. The Morgan fingerprint density at radius 3 is 2.58 bits per heavy atom.